The van der Waals surface area contributed by atoms with E-state index in [1.54, 1.807) is 17.0 Å². The Balaban J connectivity index is 1.64. The van der Waals surface area contributed by atoms with Gasteiger partial charge in [0.1, 0.15) is 12.3 Å². The minimum absolute atomic E-state index is 0.00494. The molecule has 0 radical (unpaired) electrons. The first-order chi connectivity index (χ1) is 12.3. The first-order valence-corrected chi connectivity index (χ1v) is 9.62. The lowest BCUT2D eigenvalue weighted by Crippen LogP contribution is -2.51. The number of ether oxygens (including phenoxy) is 2. The molecule has 6 atom stereocenters. The fourth-order valence-electron chi connectivity index (χ4n) is 5.72. The van der Waals surface area contributed by atoms with Crippen molar-refractivity contribution in [3.05, 3.63) is 27.7 Å². The molecule has 1 aromatic rings. The number of carbonyl (C=O) groups is 1. The molecule has 0 unspecified atom stereocenters. The highest BCUT2D eigenvalue weighted by atomic mass is 35.5. The zero-order chi connectivity index (χ0) is 18.4. The zero-order valence-electron chi connectivity index (χ0n) is 14.5. The van der Waals surface area contributed by atoms with Crippen molar-refractivity contribution in [2.75, 3.05) is 11.5 Å². The van der Waals surface area contributed by atoms with Crippen molar-refractivity contribution in [3.8, 4) is 6.07 Å². The van der Waals surface area contributed by atoms with Crippen molar-refractivity contribution in [2.45, 2.75) is 44.1 Å². The summed E-state index contributed by atoms with van der Waals surface area (Å²) < 4.78 is 12.6. The second-order valence-electron chi connectivity index (χ2n) is 8.08. The van der Waals surface area contributed by atoms with Crippen LogP contribution in [0.3, 0.4) is 0 Å². The van der Waals surface area contributed by atoms with Crippen molar-refractivity contribution < 1.29 is 14.3 Å². The van der Waals surface area contributed by atoms with Crippen LogP contribution < -0.4 is 4.90 Å². The summed E-state index contributed by atoms with van der Waals surface area (Å²) in [5.41, 5.74) is 0.0414. The van der Waals surface area contributed by atoms with E-state index in [0.29, 0.717) is 18.2 Å². The van der Waals surface area contributed by atoms with Gasteiger partial charge in [-0.3, -0.25) is 9.69 Å². The number of carbonyl (C=O) groups excluding carboxylic acids is 1. The van der Waals surface area contributed by atoms with Gasteiger partial charge in [-0.25, -0.2) is 0 Å². The molecule has 1 amide bonds. The van der Waals surface area contributed by atoms with E-state index in [-0.39, 0.29) is 45.2 Å². The molecule has 4 fully saturated rings. The standard InChI is InChI=1S/C19H18Cl2N2O3/c1-9-7-19-3-4-25-17-15(19)14(18(9,2)26-19)16(24)23(17)10-5-12(20)11(8-22)13(21)6-10/h5-6,9,14-15,17H,3-4,7H2,1-2H3/t9-,14-,15+,17+,18-,19+/m1/s1. The molecule has 1 aromatic carbocycles. The summed E-state index contributed by atoms with van der Waals surface area (Å²) in [6.45, 7) is 4.78. The summed E-state index contributed by atoms with van der Waals surface area (Å²) in [6.07, 6.45) is 1.40. The second kappa shape index (κ2) is 5.14. The number of benzene rings is 1. The average Bonchev–Trinajstić information content (AvgIpc) is 3.11. The molecule has 7 heteroatoms. The van der Waals surface area contributed by atoms with Crippen LogP contribution in [-0.4, -0.2) is 29.9 Å². The Bertz CT molecular complexity index is 861. The third-order valence-electron chi connectivity index (χ3n) is 6.93. The fraction of sp³-hybridized carbons (Fsp3) is 0.579. The quantitative estimate of drug-likeness (QED) is 0.729. The van der Waals surface area contributed by atoms with Gasteiger partial charge in [0.15, 0.2) is 0 Å². The number of halogens is 2. The number of nitriles is 1. The highest BCUT2D eigenvalue weighted by Crippen LogP contribution is 2.67. The van der Waals surface area contributed by atoms with Crippen LogP contribution >= 0.6 is 23.2 Å². The molecule has 2 bridgehead atoms. The number of anilines is 1. The van der Waals surface area contributed by atoms with E-state index in [0.717, 1.165) is 12.8 Å². The number of amides is 1. The van der Waals surface area contributed by atoms with Gasteiger partial charge in [0, 0.05) is 18.0 Å². The number of nitrogens with zero attached hydrogens (tertiary/aromatic N) is 2. The Hall–Kier alpha value is -1.32. The molecule has 5 rings (SSSR count). The molecule has 26 heavy (non-hydrogen) atoms. The van der Waals surface area contributed by atoms with Gasteiger partial charge in [0.25, 0.3) is 0 Å². The van der Waals surface area contributed by atoms with Gasteiger partial charge >= 0.3 is 0 Å². The molecule has 0 N–H and O–H groups in total. The highest BCUT2D eigenvalue weighted by molar-refractivity contribution is 6.37. The molecule has 4 aliphatic rings. The predicted octanol–water partition coefficient (Wildman–Crippen LogP) is 3.76. The maximum absolute atomic E-state index is 13.5. The Morgan fingerprint density at radius 1 is 1.35 bits per heavy atom. The zero-order valence-corrected chi connectivity index (χ0v) is 16.0. The molecule has 4 saturated heterocycles. The molecular weight excluding hydrogens is 375 g/mol. The van der Waals surface area contributed by atoms with Crippen LogP contribution in [0.2, 0.25) is 10.0 Å². The van der Waals surface area contributed by atoms with Gasteiger partial charge in [0.2, 0.25) is 5.91 Å². The number of fused-ring (bicyclic) bond motifs is 2. The summed E-state index contributed by atoms with van der Waals surface area (Å²) in [6, 6.07) is 5.25. The van der Waals surface area contributed by atoms with E-state index in [9.17, 15) is 10.1 Å². The summed E-state index contributed by atoms with van der Waals surface area (Å²) in [4.78, 5) is 15.1. The number of hydrogen-bond donors (Lipinski definition) is 0. The van der Waals surface area contributed by atoms with Crippen LogP contribution in [0.5, 0.6) is 0 Å². The summed E-state index contributed by atoms with van der Waals surface area (Å²) in [5, 5.41) is 9.66. The Morgan fingerprint density at radius 2 is 2.04 bits per heavy atom. The fourth-order valence-corrected chi connectivity index (χ4v) is 6.28. The summed E-state index contributed by atoms with van der Waals surface area (Å²) in [5.74, 6) is 0.0945. The largest absolute Gasteiger partial charge is 0.367 e. The van der Waals surface area contributed by atoms with E-state index in [1.807, 2.05) is 6.07 Å². The molecule has 0 aliphatic carbocycles. The normalized spacial score (nSPS) is 42.9. The molecular formula is C19H18Cl2N2O3. The number of rotatable bonds is 1. The molecule has 4 aliphatic heterocycles. The van der Waals surface area contributed by atoms with Crippen molar-refractivity contribution in [1.82, 2.24) is 0 Å². The van der Waals surface area contributed by atoms with Crippen molar-refractivity contribution in [3.63, 3.8) is 0 Å². The van der Waals surface area contributed by atoms with Crippen LogP contribution in [0.15, 0.2) is 12.1 Å². The molecule has 0 aromatic heterocycles. The third kappa shape index (κ3) is 1.81. The lowest BCUT2D eigenvalue weighted by atomic mass is 9.62. The second-order valence-corrected chi connectivity index (χ2v) is 8.89. The van der Waals surface area contributed by atoms with Crippen LogP contribution in [0.4, 0.5) is 5.69 Å². The van der Waals surface area contributed by atoms with Gasteiger partial charge < -0.3 is 9.47 Å². The topological polar surface area (TPSA) is 62.6 Å². The first-order valence-electron chi connectivity index (χ1n) is 8.86. The van der Waals surface area contributed by atoms with E-state index < -0.39 is 5.60 Å². The number of hydrogen-bond acceptors (Lipinski definition) is 4. The molecule has 4 heterocycles. The van der Waals surface area contributed by atoms with Crippen LogP contribution in [0.25, 0.3) is 0 Å². The first kappa shape index (κ1) is 16.8. The maximum atomic E-state index is 13.5. The predicted molar refractivity (Wildman–Crippen MR) is 96.0 cm³/mol. The van der Waals surface area contributed by atoms with Crippen molar-refractivity contribution in [1.29, 1.82) is 5.26 Å². The summed E-state index contributed by atoms with van der Waals surface area (Å²) >= 11 is 12.4. The van der Waals surface area contributed by atoms with Crippen LogP contribution in [0.1, 0.15) is 32.3 Å². The van der Waals surface area contributed by atoms with E-state index >= 15 is 0 Å². The Morgan fingerprint density at radius 3 is 2.69 bits per heavy atom. The van der Waals surface area contributed by atoms with E-state index in [2.05, 4.69) is 13.8 Å². The Labute approximate surface area is 161 Å². The smallest absolute Gasteiger partial charge is 0.235 e. The SMILES string of the molecule is C[C@@H]1C[C@@]23CCO[C@H]4[C@@H]2[C@H](C(=O)N4c2cc(Cl)c(C#N)c(Cl)c2)[C@]1(C)O3. The third-order valence-corrected chi connectivity index (χ3v) is 7.53. The van der Waals surface area contributed by atoms with Gasteiger partial charge in [-0.2, -0.15) is 5.26 Å². The van der Waals surface area contributed by atoms with Crippen molar-refractivity contribution >= 4 is 34.8 Å². The lowest BCUT2D eigenvalue weighted by Gasteiger charge is -2.42. The summed E-state index contributed by atoms with van der Waals surface area (Å²) in [7, 11) is 0. The highest BCUT2D eigenvalue weighted by Gasteiger charge is 2.77. The van der Waals surface area contributed by atoms with E-state index in [1.165, 1.54) is 0 Å². The van der Waals surface area contributed by atoms with E-state index in [4.69, 9.17) is 32.7 Å². The molecule has 136 valence electrons. The van der Waals surface area contributed by atoms with Crippen LogP contribution in [-0.2, 0) is 14.3 Å². The van der Waals surface area contributed by atoms with Crippen molar-refractivity contribution in [2.24, 2.45) is 17.8 Å². The van der Waals surface area contributed by atoms with Gasteiger partial charge in [-0.05, 0) is 31.4 Å². The minimum atomic E-state index is -0.470. The van der Waals surface area contributed by atoms with Gasteiger partial charge in [-0.15, -0.1) is 0 Å². The maximum Gasteiger partial charge on any atom is 0.235 e. The van der Waals surface area contributed by atoms with Crippen LogP contribution in [0, 0.1) is 29.1 Å². The Kier molecular flexibility index (Phi) is 3.33. The lowest BCUT2D eigenvalue weighted by molar-refractivity contribution is -0.140. The van der Waals surface area contributed by atoms with Gasteiger partial charge in [0.05, 0.1) is 39.3 Å². The molecule has 0 saturated carbocycles. The minimum Gasteiger partial charge on any atom is -0.367 e. The monoisotopic (exact) mass is 392 g/mol. The molecule has 5 nitrogen and oxygen atoms in total. The average molecular weight is 393 g/mol. The molecule has 1 spiro atoms. The van der Waals surface area contributed by atoms with Gasteiger partial charge in [-0.1, -0.05) is 30.1 Å².